The summed E-state index contributed by atoms with van der Waals surface area (Å²) in [6, 6.07) is 0.273. The van der Waals surface area contributed by atoms with Crippen molar-refractivity contribution in [2.75, 3.05) is 57.9 Å². The molecule has 0 unspecified atom stereocenters. The number of anilines is 1. The Balaban J connectivity index is 1.71. The monoisotopic (exact) mass is 372 g/mol. The third-order valence-corrected chi connectivity index (χ3v) is 5.31. The van der Waals surface area contributed by atoms with E-state index in [2.05, 4.69) is 42.7 Å². The Hall–Kier alpha value is -0.650. The lowest BCUT2D eigenvalue weighted by atomic mass is 10.4. The van der Waals surface area contributed by atoms with Crippen molar-refractivity contribution in [3.63, 3.8) is 0 Å². The summed E-state index contributed by atoms with van der Waals surface area (Å²) in [5.41, 5.74) is 0. The Bertz CT molecular complexity index is 486. The summed E-state index contributed by atoms with van der Waals surface area (Å²) >= 11 is 3.15. The molecule has 0 saturated carbocycles. The van der Waals surface area contributed by atoms with Gasteiger partial charge in [0.05, 0.1) is 26.4 Å². The van der Waals surface area contributed by atoms with Gasteiger partial charge in [-0.3, -0.25) is 0 Å². The summed E-state index contributed by atoms with van der Waals surface area (Å²) in [5, 5.41) is 4.74. The highest BCUT2D eigenvalue weighted by molar-refractivity contribution is 7.97. The maximum Gasteiger partial charge on any atom is 0.227 e. The van der Waals surface area contributed by atoms with Crippen LogP contribution in [0.15, 0.2) is 10.3 Å². The molecule has 2 aliphatic rings. The van der Waals surface area contributed by atoms with E-state index in [0.717, 1.165) is 62.9 Å². The maximum atomic E-state index is 5.39. The zero-order valence-corrected chi connectivity index (χ0v) is 15.7. The van der Waals surface area contributed by atoms with E-state index >= 15 is 0 Å². The van der Waals surface area contributed by atoms with Crippen molar-refractivity contribution >= 4 is 29.8 Å². The van der Waals surface area contributed by atoms with Gasteiger partial charge >= 0.3 is 0 Å². The van der Waals surface area contributed by atoms with Crippen molar-refractivity contribution < 1.29 is 9.47 Å². The molecule has 0 radical (unpaired) electrons. The highest BCUT2D eigenvalue weighted by atomic mass is 32.2. The molecule has 0 spiro atoms. The molecule has 134 valence electrons. The minimum atomic E-state index is 0.273. The SMILES string of the molecule is CC(C)Nc1nc(SN2CCOCC2)nc(SN2CCOCC2)n1. The van der Waals surface area contributed by atoms with Crippen LogP contribution in [0.5, 0.6) is 0 Å². The molecule has 8 nitrogen and oxygen atoms in total. The smallest absolute Gasteiger partial charge is 0.227 e. The Morgan fingerprint density at radius 2 is 1.29 bits per heavy atom. The summed E-state index contributed by atoms with van der Waals surface area (Å²) < 4.78 is 15.3. The van der Waals surface area contributed by atoms with Crippen LogP contribution in [-0.2, 0) is 9.47 Å². The number of morpholine rings is 2. The van der Waals surface area contributed by atoms with Gasteiger partial charge in [0.25, 0.3) is 0 Å². The number of rotatable bonds is 6. The molecular weight excluding hydrogens is 348 g/mol. The van der Waals surface area contributed by atoms with E-state index < -0.39 is 0 Å². The summed E-state index contributed by atoms with van der Waals surface area (Å²) in [4.78, 5) is 13.7. The molecule has 24 heavy (non-hydrogen) atoms. The lowest BCUT2D eigenvalue weighted by Crippen LogP contribution is -2.32. The average molecular weight is 373 g/mol. The van der Waals surface area contributed by atoms with Gasteiger partial charge in [0, 0.05) is 32.2 Å². The van der Waals surface area contributed by atoms with E-state index in [9.17, 15) is 0 Å². The first kappa shape index (κ1) is 18.2. The molecular formula is C14H24N6O2S2. The first-order valence-electron chi connectivity index (χ1n) is 8.23. The Kier molecular flexibility index (Phi) is 6.93. The molecule has 1 aromatic rings. The van der Waals surface area contributed by atoms with Crippen LogP contribution in [0.3, 0.4) is 0 Å². The number of aromatic nitrogens is 3. The average Bonchev–Trinajstić information content (AvgIpc) is 2.56. The van der Waals surface area contributed by atoms with Crippen molar-refractivity contribution in [3.05, 3.63) is 0 Å². The predicted molar refractivity (Wildman–Crippen MR) is 95.1 cm³/mol. The second kappa shape index (κ2) is 9.16. The third kappa shape index (κ3) is 5.71. The fraction of sp³-hybridized carbons (Fsp3) is 0.786. The first-order chi connectivity index (χ1) is 11.7. The van der Waals surface area contributed by atoms with Crippen LogP contribution in [0.2, 0.25) is 0 Å². The van der Waals surface area contributed by atoms with Crippen molar-refractivity contribution in [1.82, 2.24) is 23.6 Å². The van der Waals surface area contributed by atoms with Gasteiger partial charge in [-0.2, -0.15) is 15.0 Å². The molecule has 0 aliphatic carbocycles. The molecule has 10 heteroatoms. The second-order valence-electron chi connectivity index (χ2n) is 5.79. The highest BCUT2D eigenvalue weighted by Gasteiger charge is 2.18. The molecule has 0 atom stereocenters. The molecule has 2 aliphatic heterocycles. The van der Waals surface area contributed by atoms with Gasteiger partial charge in [-0.15, -0.1) is 0 Å². The quantitative estimate of drug-likeness (QED) is 0.740. The molecule has 0 aromatic carbocycles. The predicted octanol–water partition coefficient (Wildman–Crippen LogP) is 1.37. The minimum Gasteiger partial charge on any atom is -0.379 e. The molecule has 2 fully saturated rings. The summed E-state index contributed by atoms with van der Waals surface area (Å²) in [7, 11) is 0. The normalized spacial score (nSPS) is 20.5. The number of nitrogens with zero attached hydrogens (tertiary/aromatic N) is 5. The van der Waals surface area contributed by atoms with Gasteiger partial charge in [0.2, 0.25) is 16.3 Å². The molecule has 3 heterocycles. The van der Waals surface area contributed by atoms with Crippen LogP contribution in [0.4, 0.5) is 5.95 Å². The highest BCUT2D eigenvalue weighted by Crippen LogP contribution is 2.26. The summed E-state index contributed by atoms with van der Waals surface area (Å²) in [5.74, 6) is 0.631. The van der Waals surface area contributed by atoms with E-state index in [1.807, 2.05) is 0 Å². The zero-order valence-electron chi connectivity index (χ0n) is 14.1. The standard InChI is InChI=1S/C14H24N6O2S2/c1-11(2)15-12-16-13(23-19-3-7-21-8-4-19)18-14(17-12)24-20-5-9-22-10-6-20/h11H,3-10H2,1-2H3,(H,15,16,17,18). The first-order valence-corrected chi connectivity index (χ1v) is 9.77. The molecule has 1 N–H and O–H groups in total. The number of nitrogens with one attached hydrogen (secondary N) is 1. The van der Waals surface area contributed by atoms with Gasteiger partial charge in [0.15, 0.2) is 0 Å². The van der Waals surface area contributed by atoms with Gasteiger partial charge in [-0.1, -0.05) is 0 Å². The van der Waals surface area contributed by atoms with Gasteiger partial charge in [-0.25, -0.2) is 8.61 Å². The minimum absolute atomic E-state index is 0.273. The lowest BCUT2D eigenvalue weighted by Gasteiger charge is -2.26. The van der Waals surface area contributed by atoms with Crippen LogP contribution in [0.25, 0.3) is 0 Å². The molecule has 0 amide bonds. The van der Waals surface area contributed by atoms with Crippen LogP contribution in [0.1, 0.15) is 13.8 Å². The van der Waals surface area contributed by atoms with Gasteiger partial charge in [0.1, 0.15) is 0 Å². The zero-order chi connectivity index (χ0) is 16.8. The van der Waals surface area contributed by atoms with E-state index in [0.29, 0.717) is 5.95 Å². The topological polar surface area (TPSA) is 75.6 Å². The largest absolute Gasteiger partial charge is 0.379 e. The fourth-order valence-electron chi connectivity index (χ4n) is 2.25. The second-order valence-corrected chi connectivity index (χ2v) is 7.92. The van der Waals surface area contributed by atoms with E-state index in [4.69, 9.17) is 9.47 Å². The molecule has 3 rings (SSSR count). The van der Waals surface area contributed by atoms with E-state index in [1.54, 1.807) is 23.9 Å². The van der Waals surface area contributed by atoms with E-state index in [1.165, 1.54) is 0 Å². The maximum absolute atomic E-state index is 5.39. The van der Waals surface area contributed by atoms with Crippen molar-refractivity contribution in [3.8, 4) is 0 Å². The van der Waals surface area contributed by atoms with Crippen LogP contribution < -0.4 is 5.32 Å². The molecule has 0 bridgehead atoms. The Morgan fingerprint density at radius 1 is 0.833 bits per heavy atom. The molecule has 1 aromatic heterocycles. The lowest BCUT2D eigenvalue weighted by molar-refractivity contribution is 0.0770. The van der Waals surface area contributed by atoms with Crippen molar-refractivity contribution in [1.29, 1.82) is 0 Å². The van der Waals surface area contributed by atoms with Crippen LogP contribution in [0, 0.1) is 0 Å². The number of hydrogen-bond donors (Lipinski definition) is 1. The Labute approximate surface area is 151 Å². The van der Waals surface area contributed by atoms with Gasteiger partial charge in [-0.05, 0) is 37.7 Å². The van der Waals surface area contributed by atoms with Gasteiger partial charge < -0.3 is 14.8 Å². The fourth-order valence-corrected chi connectivity index (χ4v) is 3.94. The molecule has 2 saturated heterocycles. The number of hydrogen-bond acceptors (Lipinski definition) is 10. The summed E-state index contributed by atoms with van der Waals surface area (Å²) in [6.07, 6.45) is 0. The van der Waals surface area contributed by atoms with Crippen molar-refractivity contribution in [2.45, 2.75) is 30.2 Å². The van der Waals surface area contributed by atoms with Crippen LogP contribution in [-0.4, -0.2) is 82.2 Å². The van der Waals surface area contributed by atoms with Crippen LogP contribution >= 0.6 is 23.9 Å². The van der Waals surface area contributed by atoms with Crippen molar-refractivity contribution in [2.24, 2.45) is 0 Å². The van der Waals surface area contributed by atoms with E-state index in [-0.39, 0.29) is 6.04 Å². The third-order valence-electron chi connectivity index (χ3n) is 3.37. The summed E-state index contributed by atoms with van der Waals surface area (Å²) in [6.45, 7) is 10.7. The number of ether oxygens (including phenoxy) is 2. The Morgan fingerprint density at radius 3 is 1.71 bits per heavy atom.